The van der Waals surface area contributed by atoms with Crippen molar-refractivity contribution in [2.24, 2.45) is 5.92 Å². The number of halogens is 1. The lowest BCUT2D eigenvalue weighted by molar-refractivity contribution is 0.0695. The zero-order valence-electron chi connectivity index (χ0n) is 16.3. The second-order valence-corrected chi connectivity index (χ2v) is 7.49. The molecular formula is C21H28FN3O2. The van der Waals surface area contributed by atoms with E-state index in [4.69, 9.17) is 4.42 Å². The van der Waals surface area contributed by atoms with Crippen molar-refractivity contribution in [2.45, 2.75) is 46.2 Å². The van der Waals surface area contributed by atoms with Gasteiger partial charge in [0.05, 0.1) is 0 Å². The van der Waals surface area contributed by atoms with Gasteiger partial charge in [-0.15, -0.1) is 0 Å². The molecule has 0 N–H and O–H groups in total. The second kappa shape index (κ2) is 8.65. The molecule has 1 aliphatic heterocycles. The highest BCUT2D eigenvalue weighted by atomic mass is 19.1. The van der Waals surface area contributed by atoms with Gasteiger partial charge in [0.15, 0.2) is 12.1 Å². The standard InChI is InChI=1S/C21H28FN3O2/c1-4-19-20(23-14-27-19)21(26)25-11-5-10-24(18(13-25)15(2)3)12-16-6-8-17(22)9-7-16/h6-9,14-15,18H,4-5,10-13H2,1-3H3/t18-/m0/s1. The number of aryl methyl sites for hydroxylation is 1. The van der Waals surface area contributed by atoms with Crippen molar-refractivity contribution in [3.8, 4) is 0 Å². The maximum atomic E-state index is 13.2. The summed E-state index contributed by atoms with van der Waals surface area (Å²) in [5.74, 6) is 0.774. The Labute approximate surface area is 160 Å². The first-order chi connectivity index (χ1) is 13.0. The van der Waals surface area contributed by atoms with Crippen molar-refractivity contribution in [3.63, 3.8) is 0 Å². The highest BCUT2D eigenvalue weighted by molar-refractivity contribution is 5.93. The molecular weight excluding hydrogens is 345 g/mol. The lowest BCUT2D eigenvalue weighted by Gasteiger charge is -2.34. The van der Waals surface area contributed by atoms with Gasteiger partial charge < -0.3 is 9.32 Å². The minimum absolute atomic E-state index is 0.0464. The van der Waals surface area contributed by atoms with Crippen molar-refractivity contribution < 1.29 is 13.6 Å². The van der Waals surface area contributed by atoms with E-state index in [0.29, 0.717) is 36.9 Å². The van der Waals surface area contributed by atoms with Crippen molar-refractivity contribution in [2.75, 3.05) is 19.6 Å². The SMILES string of the molecule is CCc1ocnc1C(=O)N1CCCN(Cc2ccc(F)cc2)[C@H](C(C)C)C1. The van der Waals surface area contributed by atoms with E-state index in [1.54, 1.807) is 0 Å². The number of hydrogen-bond donors (Lipinski definition) is 0. The third kappa shape index (κ3) is 4.56. The maximum Gasteiger partial charge on any atom is 0.276 e. The van der Waals surface area contributed by atoms with Crippen LogP contribution in [0.25, 0.3) is 0 Å². The van der Waals surface area contributed by atoms with Gasteiger partial charge in [0, 0.05) is 38.6 Å². The van der Waals surface area contributed by atoms with Gasteiger partial charge in [0.25, 0.3) is 5.91 Å². The van der Waals surface area contributed by atoms with E-state index in [1.165, 1.54) is 18.5 Å². The van der Waals surface area contributed by atoms with Gasteiger partial charge in [0.2, 0.25) is 0 Å². The smallest absolute Gasteiger partial charge is 0.276 e. The fraction of sp³-hybridized carbons (Fsp3) is 0.524. The van der Waals surface area contributed by atoms with Crippen LogP contribution >= 0.6 is 0 Å². The average molecular weight is 373 g/mol. The molecule has 1 aromatic carbocycles. The number of benzene rings is 1. The summed E-state index contributed by atoms with van der Waals surface area (Å²) in [5, 5.41) is 0. The van der Waals surface area contributed by atoms with Crippen LogP contribution in [0.4, 0.5) is 4.39 Å². The van der Waals surface area contributed by atoms with Crippen LogP contribution in [0.1, 0.15) is 49.0 Å². The van der Waals surface area contributed by atoms with E-state index in [2.05, 4.69) is 23.7 Å². The van der Waals surface area contributed by atoms with E-state index < -0.39 is 0 Å². The molecule has 0 saturated carbocycles. The first kappa shape index (κ1) is 19.5. The molecule has 0 aliphatic carbocycles. The summed E-state index contributed by atoms with van der Waals surface area (Å²) >= 11 is 0. The molecule has 3 rings (SSSR count). The molecule has 1 atom stereocenters. The third-order valence-electron chi connectivity index (χ3n) is 5.27. The van der Waals surface area contributed by atoms with Crippen LogP contribution in [0.15, 0.2) is 35.1 Å². The molecule has 5 nitrogen and oxygen atoms in total. The van der Waals surface area contributed by atoms with Crippen LogP contribution in [-0.2, 0) is 13.0 Å². The number of nitrogens with zero attached hydrogens (tertiary/aromatic N) is 3. The molecule has 1 saturated heterocycles. The summed E-state index contributed by atoms with van der Waals surface area (Å²) in [7, 11) is 0. The molecule has 2 heterocycles. The second-order valence-electron chi connectivity index (χ2n) is 7.49. The quantitative estimate of drug-likeness (QED) is 0.801. The van der Waals surface area contributed by atoms with Crippen LogP contribution in [0.5, 0.6) is 0 Å². The minimum Gasteiger partial charge on any atom is -0.448 e. The lowest BCUT2D eigenvalue weighted by atomic mass is 10.0. The van der Waals surface area contributed by atoms with Crippen LogP contribution in [0.2, 0.25) is 0 Å². The number of carbonyl (C=O) groups is 1. The summed E-state index contributed by atoms with van der Waals surface area (Å²) in [4.78, 5) is 21.5. The van der Waals surface area contributed by atoms with Gasteiger partial charge in [0.1, 0.15) is 11.6 Å². The van der Waals surface area contributed by atoms with Crippen LogP contribution < -0.4 is 0 Å². The average Bonchev–Trinajstić information content (AvgIpc) is 3.03. The fourth-order valence-electron chi connectivity index (χ4n) is 3.75. The fourth-order valence-corrected chi connectivity index (χ4v) is 3.75. The van der Waals surface area contributed by atoms with E-state index in [9.17, 15) is 9.18 Å². The Balaban J connectivity index is 1.76. The number of amides is 1. The molecule has 0 radical (unpaired) electrons. The van der Waals surface area contributed by atoms with Gasteiger partial charge in [-0.2, -0.15) is 0 Å². The van der Waals surface area contributed by atoms with Crippen LogP contribution in [-0.4, -0.2) is 46.4 Å². The van der Waals surface area contributed by atoms with Crippen molar-refractivity contribution in [1.82, 2.24) is 14.8 Å². The highest BCUT2D eigenvalue weighted by Crippen LogP contribution is 2.22. The molecule has 0 bridgehead atoms. The summed E-state index contributed by atoms with van der Waals surface area (Å²) < 4.78 is 18.5. The number of carbonyl (C=O) groups excluding carboxylic acids is 1. The van der Waals surface area contributed by atoms with Crippen molar-refractivity contribution >= 4 is 5.91 Å². The molecule has 0 spiro atoms. The summed E-state index contributed by atoms with van der Waals surface area (Å²) in [6, 6.07) is 6.92. The van der Waals surface area contributed by atoms with Gasteiger partial charge in [-0.1, -0.05) is 32.9 Å². The number of rotatable bonds is 5. The predicted molar refractivity (Wildman–Crippen MR) is 102 cm³/mol. The zero-order valence-corrected chi connectivity index (χ0v) is 16.3. The number of aromatic nitrogens is 1. The first-order valence-corrected chi connectivity index (χ1v) is 9.69. The van der Waals surface area contributed by atoms with E-state index in [1.807, 2.05) is 24.0 Å². The predicted octanol–water partition coefficient (Wildman–Crippen LogP) is 3.75. The molecule has 1 amide bonds. The Morgan fingerprint density at radius 2 is 2.04 bits per heavy atom. The van der Waals surface area contributed by atoms with Crippen molar-refractivity contribution in [3.05, 3.63) is 53.5 Å². The van der Waals surface area contributed by atoms with Gasteiger partial charge in [-0.3, -0.25) is 9.69 Å². The molecule has 27 heavy (non-hydrogen) atoms. The lowest BCUT2D eigenvalue weighted by Crippen LogP contribution is -2.45. The number of hydrogen-bond acceptors (Lipinski definition) is 4. The topological polar surface area (TPSA) is 49.6 Å². The molecule has 1 aromatic heterocycles. The molecule has 6 heteroatoms. The molecule has 146 valence electrons. The third-order valence-corrected chi connectivity index (χ3v) is 5.27. The van der Waals surface area contributed by atoms with Crippen LogP contribution in [0, 0.1) is 11.7 Å². The Bertz CT molecular complexity index is 757. The summed E-state index contributed by atoms with van der Waals surface area (Å²) in [6.45, 7) is 9.36. The monoisotopic (exact) mass is 373 g/mol. The Kier molecular flexibility index (Phi) is 6.26. The van der Waals surface area contributed by atoms with Crippen LogP contribution in [0.3, 0.4) is 0 Å². The molecule has 1 fully saturated rings. The maximum absolute atomic E-state index is 13.2. The van der Waals surface area contributed by atoms with E-state index >= 15 is 0 Å². The summed E-state index contributed by atoms with van der Waals surface area (Å²) in [6.07, 6.45) is 2.90. The minimum atomic E-state index is -0.217. The van der Waals surface area contributed by atoms with E-state index in [-0.39, 0.29) is 17.8 Å². The Morgan fingerprint density at radius 1 is 1.30 bits per heavy atom. The molecule has 2 aromatic rings. The normalized spacial score (nSPS) is 18.7. The number of oxazole rings is 1. The molecule has 1 aliphatic rings. The van der Waals surface area contributed by atoms with Gasteiger partial charge in [-0.05, 0) is 30.0 Å². The molecule has 0 unspecified atom stereocenters. The summed E-state index contributed by atoms with van der Waals surface area (Å²) in [5.41, 5.74) is 1.53. The first-order valence-electron chi connectivity index (χ1n) is 9.69. The highest BCUT2D eigenvalue weighted by Gasteiger charge is 2.31. The van der Waals surface area contributed by atoms with Gasteiger partial charge >= 0.3 is 0 Å². The largest absolute Gasteiger partial charge is 0.448 e. The van der Waals surface area contributed by atoms with E-state index in [0.717, 1.165) is 25.1 Å². The Morgan fingerprint density at radius 3 is 2.70 bits per heavy atom. The van der Waals surface area contributed by atoms with Crippen molar-refractivity contribution in [1.29, 1.82) is 0 Å². The zero-order chi connectivity index (χ0) is 19.4. The van der Waals surface area contributed by atoms with Gasteiger partial charge in [-0.25, -0.2) is 9.37 Å². The Hall–Kier alpha value is -2.21.